The molecule has 0 aliphatic carbocycles. The fourth-order valence-corrected chi connectivity index (χ4v) is 1.81. The SMILES string of the molecule is COc1ccc(CCN(C)C)cc1Br. The highest BCUT2D eigenvalue weighted by Gasteiger charge is 2.01. The summed E-state index contributed by atoms with van der Waals surface area (Å²) in [6.07, 6.45) is 1.07. The maximum Gasteiger partial charge on any atom is 0.133 e. The maximum atomic E-state index is 5.17. The quantitative estimate of drug-likeness (QED) is 0.823. The first-order chi connectivity index (χ1) is 6.63. The molecule has 1 aromatic carbocycles. The second kappa shape index (κ2) is 5.37. The van der Waals surface area contributed by atoms with Gasteiger partial charge in [-0.1, -0.05) is 6.07 Å². The van der Waals surface area contributed by atoms with Crippen LogP contribution in [0.25, 0.3) is 0 Å². The molecule has 0 atom stereocenters. The first-order valence-corrected chi connectivity index (χ1v) is 5.40. The summed E-state index contributed by atoms with van der Waals surface area (Å²) in [4.78, 5) is 2.18. The van der Waals surface area contributed by atoms with Gasteiger partial charge in [0, 0.05) is 6.54 Å². The van der Waals surface area contributed by atoms with Crippen LogP contribution in [0.3, 0.4) is 0 Å². The molecule has 78 valence electrons. The van der Waals surface area contributed by atoms with Gasteiger partial charge in [0.25, 0.3) is 0 Å². The van der Waals surface area contributed by atoms with Crippen molar-refractivity contribution in [1.29, 1.82) is 0 Å². The monoisotopic (exact) mass is 257 g/mol. The Morgan fingerprint density at radius 3 is 2.57 bits per heavy atom. The number of hydrogen-bond acceptors (Lipinski definition) is 2. The number of methoxy groups -OCH3 is 1. The Hall–Kier alpha value is -0.540. The number of likely N-dealkylation sites (N-methyl/N-ethyl adjacent to an activating group) is 1. The van der Waals surface area contributed by atoms with Gasteiger partial charge in [0.05, 0.1) is 11.6 Å². The van der Waals surface area contributed by atoms with Crippen molar-refractivity contribution < 1.29 is 4.74 Å². The molecule has 2 nitrogen and oxygen atoms in total. The van der Waals surface area contributed by atoms with Crippen molar-refractivity contribution >= 4 is 15.9 Å². The standard InChI is InChI=1S/C11H16BrNO/c1-13(2)7-6-9-4-5-11(14-3)10(12)8-9/h4-5,8H,6-7H2,1-3H3. The van der Waals surface area contributed by atoms with Gasteiger partial charge in [-0.25, -0.2) is 0 Å². The van der Waals surface area contributed by atoms with Gasteiger partial charge in [0.15, 0.2) is 0 Å². The van der Waals surface area contributed by atoms with Gasteiger partial charge >= 0.3 is 0 Å². The molecule has 0 amide bonds. The lowest BCUT2D eigenvalue weighted by molar-refractivity contribution is 0.408. The molecule has 3 heteroatoms. The highest BCUT2D eigenvalue weighted by molar-refractivity contribution is 9.10. The molecule has 0 heterocycles. The molecule has 0 unspecified atom stereocenters. The first-order valence-electron chi connectivity index (χ1n) is 4.60. The molecular formula is C11H16BrNO. The number of nitrogens with zero attached hydrogens (tertiary/aromatic N) is 1. The van der Waals surface area contributed by atoms with E-state index in [9.17, 15) is 0 Å². The van der Waals surface area contributed by atoms with Gasteiger partial charge in [-0.3, -0.25) is 0 Å². The summed E-state index contributed by atoms with van der Waals surface area (Å²) in [5, 5.41) is 0. The molecule has 0 saturated heterocycles. The van der Waals surface area contributed by atoms with Crippen molar-refractivity contribution in [3.05, 3.63) is 28.2 Å². The highest BCUT2D eigenvalue weighted by Crippen LogP contribution is 2.25. The molecule has 0 spiro atoms. The zero-order valence-corrected chi connectivity index (χ0v) is 10.5. The lowest BCUT2D eigenvalue weighted by atomic mass is 10.1. The summed E-state index contributed by atoms with van der Waals surface area (Å²) in [5.74, 6) is 0.888. The minimum Gasteiger partial charge on any atom is -0.496 e. The fourth-order valence-electron chi connectivity index (χ4n) is 1.22. The molecule has 0 radical (unpaired) electrons. The number of halogens is 1. The zero-order chi connectivity index (χ0) is 10.6. The smallest absolute Gasteiger partial charge is 0.133 e. The van der Waals surface area contributed by atoms with E-state index in [-0.39, 0.29) is 0 Å². The van der Waals surface area contributed by atoms with Gasteiger partial charge in [0.2, 0.25) is 0 Å². The first kappa shape index (κ1) is 11.5. The molecule has 0 aromatic heterocycles. The predicted octanol–water partition coefficient (Wildman–Crippen LogP) is 2.56. The van der Waals surface area contributed by atoms with E-state index >= 15 is 0 Å². The number of benzene rings is 1. The van der Waals surface area contributed by atoms with Crippen molar-refractivity contribution in [1.82, 2.24) is 4.90 Å². The number of ether oxygens (including phenoxy) is 1. The van der Waals surface area contributed by atoms with E-state index in [0.29, 0.717) is 0 Å². The van der Waals surface area contributed by atoms with Crippen molar-refractivity contribution in [2.24, 2.45) is 0 Å². The van der Waals surface area contributed by atoms with Gasteiger partial charge in [0.1, 0.15) is 5.75 Å². The van der Waals surface area contributed by atoms with Crippen molar-refractivity contribution in [2.75, 3.05) is 27.7 Å². The van der Waals surface area contributed by atoms with E-state index in [1.165, 1.54) is 5.56 Å². The lowest BCUT2D eigenvalue weighted by Gasteiger charge is -2.10. The fraction of sp³-hybridized carbons (Fsp3) is 0.455. The Morgan fingerprint density at radius 1 is 1.36 bits per heavy atom. The van der Waals surface area contributed by atoms with E-state index in [0.717, 1.165) is 23.2 Å². The molecule has 0 bridgehead atoms. The average molecular weight is 258 g/mol. The predicted molar refractivity (Wildman–Crippen MR) is 63.0 cm³/mol. The topological polar surface area (TPSA) is 12.5 Å². The van der Waals surface area contributed by atoms with Crippen LogP contribution in [-0.2, 0) is 6.42 Å². The van der Waals surface area contributed by atoms with Crippen molar-refractivity contribution in [2.45, 2.75) is 6.42 Å². The van der Waals surface area contributed by atoms with Crippen LogP contribution in [0.2, 0.25) is 0 Å². The van der Waals surface area contributed by atoms with Crippen LogP contribution in [-0.4, -0.2) is 32.6 Å². The molecule has 0 N–H and O–H groups in total. The maximum absolute atomic E-state index is 5.17. The second-order valence-corrected chi connectivity index (χ2v) is 4.38. The largest absolute Gasteiger partial charge is 0.496 e. The lowest BCUT2D eigenvalue weighted by Crippen LogP contribution is -2.14. The molecule has 1 rings (SSSR count). The van der Waals surface area contributed by atoms with Gasteiger partial charge in [-0.2, -0.15) is 0 Å². The Labute approximate surface area is 94.0 Å². The van der Waals surface area contributed by atoms with Crippen LogP contribution in [0.1, 0.15) is 5.56 Å². The number of hydrogen-bond donors (Lipinski definition) is 0. The third kappa shape index (κ3) is 3.31. The Kier molecular flexibility index (Phi) is 4.42. The Balaban J connectivity index is 2.66. The van der Waals surface area contributed by atoms with Crippen LogP contribution in [0.4, 0.5) is 0 Å². The van der Waals surface area contributed by atoms with Gasteiger partial charge in [-0.05, 0) is 54.1 Å². The van der Waals surface area contributed by atoms with Crippen LogP contribution < -0.4 is 4.74 Å². The van der Waals surface area contributed by atoms with Crippen molar-refractivity contribution in [3.8, 4) is 5.75 Å². The Bertz CT molecular complexity index is 299. The van der Waals surface area contributed by atoms with E-state index in [2.05, 4.69) is 47.1 Å². The van der Waals surface area contributed by atoms with Crippen molar-refractivity contribution in [3.63, 3.8) is 0 Å². The molecule has 0 aliphatic rings. The molecule has 0 saturated carbocycles. The Morgan fingerprint density at radius 2 is 2.07 bits per heavy atom. The molecule has 14 heavy (non-hydrogen) atoms. The minimum absolute atomic E-state index is 0.888. The molecular weight excluding hydrogens is 242 g/mol. The van der Waals surface area contributed by atoms with E-state index in [4.69, 9.17) is 4.74 Å². The molecule has 0 aliphatic heterocycles. The summed E-state index contributed by atoms with van der Waals surface area (Å²) >= 11 is 3.48. The van der Waals surface area contributed by atoms with Gasteiger partial charge in [-0.15, -0.1) is 0 Å². The summed E-state index contributed by atoms with van der Waals surface area (Å²) in [7, 11) is 5.84. The average Bonchev–Trinajstić information content (AvgIpc) is 2.15. The van der Waals surface area contributed by atoms with Crippen LogP contribution >= 0.6 is 15.9 Å². The molecule has 1 aromatic rings. The minimum atomic E-state index is 0.888. The van der Waals surface area contributed by atoms with E-state index in [1.807, 2.05) is 6.07 Å². The van der Waals surface area contributed by atoms with Crippen LogP contribution in [0, 0.1) is 0 Å². The van der Waals surface area contributed by atoms with E-state index < -0.39 is 0 Å². The van der Waals surface area contributed by atoms with Crippen LogP contribution in [0.15, 0.2) is 22.7 Å². The normalized spacial score (nSPS) is 10.6. The second-order valence-electron chi connectivity index (χ2n) is 3.52. The third-order valence-electron chi connectivity index (χ3n) is 2.06. The van der Waals surface area contributed by atoms with Crippen LogP contribution in [0.5, 0.6) is 5.75 Å². The summed E-state index contributed by atoms with van der Waals surface area (Å²) in [6.45, 7) is 1.07. The summed E-state index contributed by atoms with van der Waals surface area (Å²) < 4.78 is 6.19. The number of rotatable bonds is 4. The van der Waals surface area contributed by atoms with E-state index in [1.54, 1.807) is 7.11 Å². The third-order valence-corrected chi connectivity index (χ3v) is 2.68. The van der Waals surface area contributed by atoms with Gasteiger partial charge < -0.3 is 9.64 Å². The summed E-state index contributed by atoms with van der Waals surface area (Å²) in [5.41, 5.74) is 1.33. The summed E-state index contributed by atoms with van der Waals surface area (Å²) in [6, 6.07) is 6.21. The zero-order valence-electron chi connectivity index (χ0n) is 8.88. The highest BCUT2D eigenvalue weighted by atomic mass is 79.9. The molecule has 0 fully saturated rings.